The van der Waals surface area contributed by atoms with E-state index in [9.17, 15) is 18.8 Å². The lowest BCUT2D eigenvalue weighted by Gasteiger charge is -2.24. The van der Waals surface area contributed by atoms with Crippen LogP contribution in [0.2, 0.25) is 0 Å². The molecule has 1 unspecified atom stereocenters. The van der Waals surface area contributed by atoms with E-state index in [1.807, 2.05) is 13.0 Å². The quantitative estimate of drug-likeness (QED) is 0.462. The number of nitrogens with zero attached hydrogens (tertiary/aromatic N) is 3. The fourth-order valence-corrected chi connectivity index (χ4v) is 4.00. The van der Waals surface area contributed by atoms with Crippen LogP contribution in [0.4, 0.5) is 20.3 Å². The largest absolute Gasteiger partial charge is 0.381 e. The number of aryl methyl sites for hydroxylation is 1. The molecule has 1 aliphatic rings. The van der Waals surface area contributed by atoms with Gasteiger partial charge in [0.25, 0.3) is 11.6 Å². The highest BCUT2D eigenvalue weighted by Gasteiger charge is 2.26. The first-order valence-corrected chi connectivity index (χ1v) is 11.6. The Morgan fingerprint density at radius 3 is 2.69 bits per heavy atom. The van der Waals surface area contributed by atoms with Gasteiger partial charge in [0.1, 0.15) is 17.6 Å². The number of amides is 1. The van der Waals surface area contributed by atoms with Gasteiger partial charge in [-0.1, -0.05) is 15.3 Å². The van der Waals surface area contributed by atoms with Crippen molar-refractivity contribution in [1.82, 2.24) is 9.97 Å². The SMILES string of the molecule is Cc1ccc(NC(=O)c2cc(C(F)(F)P)ccn2)cc1-c1cnc(NC2CCOCC2)c(C#N)c1. The molecule has 0 radical (unpaired) electrons. The van der Waals surface area contributed by atoms with Gasteiger partial charge < -0.3 is 15.4 Å². The molecule has 10 heteroatoms. The summed E-state index contributed by atoms with van der Waals surface area (Å²) in [5, 5.41) is 15.7. The molecule has 35 heavy (non-hydrogen) atoms. The van der Waals surface area contributed by atoms with Crippen molar-refractivity contribution in [2.24, 2.45) is 0 Å². The predicted octanol–water partition coefficient (Wildman–Crippen LogP) is 5.09. The number of anilines is 2. The van der Waals surface area contributed by atoms with E-state index in [0.717, 1.165) is 41.7 Å². The lowest BCUT2D eigenvalue weighted by molar-refractivity contribution is 0.0903. The van der Waals surface area contributed by atoms with Crippen LogP contribution in [-0.2, 0) is 10.4 Å². The van der Waals surface area contributed by atoms with E-state index >= 15 is 0 Å². The first kappa shape index (κ1) is 24.6. The molecule has 1 amide bonds. The maximum Gasteiger partial charge on any atom is 0.284 e. The second kappa shape index (κ2) is 10.4. The van der Waals surface area contributed by atoms with Crippen LogP contribution >= 0.6 is 9.24 Å². The van der Waals surface area contributed by atoms with Gasteiger partial charge in [-0.3, -0.25) is 9.78 Å². The average molecular weight is 495 g/mol. The maximum atomic E-state index is 13.6. The Balaban J connectivity index is 1.56. The first-order valence-electron chi connectivity index (χ1n) is 11.0. The zero-order valence-corrected chi connectivity index (χ0v) is 20.2. The number of alkyl halides is 2. The van der Waals surface area contributed by atoms with Gasteiger partial charge >= 0.3 is 0 Å². The van der Waals surface area contributed by atoms with Crippen LogP contribution < -0.4 is 10.6 Å². The van der Waals surface area contributed by atoms with Crippen molar-refractivity contribution in [2.75, 3.05) is 23.8 Å². The number of hydrogen-bond donors (Lipinski definition) is 2. The molecule has 1 atom stereocenters. The summed E-state index contributed by atoms with van der Waals surface area (Å²) in [7, 11) is 1.45. The molecule has 0 bridgehead atoms. The lowest BCUT2D eigenvalue weighted by atomic mass is 9.99. The lowest BCUT2D eigenvalue weighted by Crippen LogP contribution is -2.28. The van der Waals surface area contributed by atoms with E-state index in [4.69, 9.17) is 4.74 Å². The molecule has 3 heterocycles. The smallest absolute Gasteiger partial charge is 0.284 e. The van der Waals surface area contributed by atoms with Gasteiger partial charge in [-0.05, 0) is 61.2 Å². The van der Waals surface area contributed by atoms with E-state index in [2.05, 4.69) is 26.7 Å². The first-order chi connectivity index (χ1) is 16.7. The highest BCUT2D eigenvalue weighted by molar-refractivity contribution is 7.17. The summed E-state index contributed by atoms with van der Waals surface area (Å²) in [6, 6.07) is 11.7. The number of carbonyl (C=O) groups is 1. The van der Waals surface area contributed by atoms with Gasteiger partial charge in [-0.25, -0.2) is 4.98 Å². The van der Waals surface area contributed by atoms with Crippen molar-refractivity contribution in [2.45, 2.75) is 31.5 Å². The van der Waals surface area contributed by atoms with Crippen LogP contribution in [0, 0.1) is 18.3 Å². The number of carbonyl (C=O) groups excluding carboxylic acids is 1. The van der Waals surface area contributed by atoms with E-state index in [1.54, 1.807) is 24.4 Å². The Labute approximate surface area is 204 Å². The van der Waals surface area contributed by atoms with Crippen LogP contribution in [0.5, 0.6) is 0 Å². The highest BCUT2D eigenvalue weighted by Crippen LogP contribution is 2.35. The number of halogens is 2. The summed E-state index contributed by atoms with van der Waals surface area (Å²) in [4.78, 5) is 21.1. The van der Waals surface area contributed by atoms with Crippen molar-refractivity contribution in [1.29, 1.82) is 5.26 Å². The number of ether oxygens (including phenoxy) is 1. The van der Waals surface area contributed by atoms with E-state index in [0.29, 0.717) is 30.3 Å². The molecule has 0 spiro atoms. The number of aromatic nitrogens is 2. The van der Waals surface area contributed by atoms with Crippen LogP contribution in [0.25, 0.3) is 11.1 Å². The van der Waals surface area contributed by atoms with Crippen molar-refractivity contribution in [3.05, 3.63) is 71.2 Å². The molecule has 7 nitrogen and oxygen atoms in total. The average Bonchev–Trinajstić information content (AvgIpc) is 2.85. The van der Waals surface area contributed by atoms with Gasteiger partial charge in [0.05, 0.1) is 5.56 Å². The minimum atomic E-state index is -3.16. The second-order valence-electron chi connectivity index (χ2n) is 8.30. The molecular formula is C25H24F2N5O2P. The Hall–Kier alpha value is -3.47. The van der Waals surface area contributed by atoms with Gasteiger partial charge in [0.15, 0.2) is 0 Å². The Bertz CT molecular complexity index is 1280. The summed E-state index contributed by atoms with van der Waals surface area (Å²) in [6.07, 6.45) is 4.56. The highest BCUT2D eigenvalue weighted by atomic mass is 31.0. The normalized spacial score (nSPS) is 14.3. The van der Waals surface area contributed by atoms with E-state index in [1.165, 1.54) is 15.4 Å². The Kier molecular flexibility index (Phi) is 7.34. The summed E-state index contributed by atoms with van der Waals surface area (Å²) < 4.78 is 32.6. The zero-order valence-electron chi connectivity index (χ0n) is 19.0. The number of hydrogen-bond acceptors (Lipinski definition) is 6. The zero-order chi connectivity index (χ0) is 25.0. The molecule has 3 aromatic rings. The maximum absolute atomic E-state index is 13.6. The number of benzene rings is 1. The van der Waals surface area contributed by atoms with E-state index < -0.39 is 11.6 Å². The number of rotatable bonds is 6. The molecule has 1 fully saturated rings. The minimum Gasteiger partial charge on any atom is -0.381 e. The minimum absolute atomic E-state index is 0.122. The van der Waals surface area contributed by atoms with Gasteiger partial charge in [-0.2, -0.15) is 14.0 Å². The second-order valence-corrected chi connectivity index (χ2v) is 9.02. The molecule has 2 aromatic heterocycles. The number of nitrogens with one attached hydrogen (secondary N) is 2. The summed E-state index contributed by atoms with van der Waals surface area (Å²) in [5.41, 5.74) is -0.308. The fraction of sp³-hybridized carbons (Fsp3) is 0.280. The van der Waals surface area contributed by atoms with Crippen molar-refractivity contribution in [3.63, 3.8) is 0 Å². The molecule has 1 aromatic carbocycles. The summed E-state index contributed by atoms with van der Waals surface area (Å²) in [5.74, 6) is -0.0788. The van der Waals surface area contributed by atoms with Crippen LogP contribution in [0.15, 0.2) is 48.8 Å². The Morgan fingerprint density at radius 1 is 1.20 bits per heavy atom. The number of pyridine rings is 2. The van der Waals surface area contributed by atoms with Crippen molar-refractivity contribution >= 4 is 26.7 Å². The molecule has 1 aliphatic heterocycles. The molecular weight excluding hydrogens is 471 g/mol. The molecule has 1 saturated heterocycles. The fourth-order valence-electron chi connectivity index (χ4n) is 3.82. The molecule has 4 rings (SSSR count). The number of nitriles is 1. The van der Waals surface area contributed by atoms with Crippen molar-refractivity contribution in [3.8, 4) is 17.2 Å². The van der Waals surface area contributed by atoms with Gasteiger partial charge in [-0.15, -0.1) is 0 Å². The van der Waals surface area contributed by atoms with Crippen LogP contribution in [0.1, 0.15) is 40.0 Å². The van der Waals surface area contributed by atoms with Gasteiger partial charge in [0.2, 0.25) is 0 Å². The standard InChI is InChI=1S/C25H24F2N5O2P/c1-15-2-3-20(32-24(33)22-11-18(4-7-29-22)25(26,27)35)12-21(15)17-10-16(13-28)23(30-14-17)31-19-5-8-34-9-6-19/h2-4,7,10-12,14,19H,5-6,8-9,35H2,1H3,(H,30,31)(H,32,33). The Morgan fingerprint density at radius 2 is 1.97 bits per heavy atom. The molecule has 2 N–H and O–H groups in total. The van der Waals surface area contributed by atoms with Crippen molar-refractivity contribution < 1.29 is 18.3 Å². The molecule has 180 valence electrons. The van der Waals surface area contributed by atoms with Crippen LogP contribution in [-0.4, -0.2) is 35.1 Å². The van der Waals surface area contributed by atoms with Gasteiger partial charge in [0, 0.05) is 48.5 Å². The predicted molar refractivity (Wildman–Crippen MR) is 132 cm³/mol. The molecule has 0 saturated carbocycles. The summed E-state index contributed by atoms with van der Waals surface area (Å²) >= 11 is 0. The third-order valence-electron chi connectivity index (χ3n) is 5.75. The molecule has 0 aliphatic carbocycles. The topological polar surface area (TPSA) is 99.9 Å². The van der Waals surface area contributed by atoms with E-state index in [-0.39, 0.29) is 17.3 Å². The summed E-state index contributed by atoms with van der Waals surface area (Å²) in [6.45, 7) is 3.26. The van der Waals surface area contributed by atoms with Crippen LogP contribution in [0.3, 0.4) is 0 Å². The third kappa shape index (κ3) is 5.97. The third-order valence-corrected chi connectivity index (χ3v) is 6.09. The monoisotopic (exact) mass is 495 g/mol.